The van der Waals surface area contributed by atoms with Gasteiger partial charge in [0.05, 0.1) is 46.7 Å². The second kappa shape index (κ2) is 12.3. The molecule has 1 aliphatic rings. The number of esters is 1. The van der Waals surface area contributed by atoms with Gasteiger partial charge in [0.15, 0.2) is 0 Å². The zero-order chi connectivity index (χ0) is 33.4. The summed E-state index contributed by atoms with van der Waals surface area (Å²) in [4.78, 5) is 71.4. The van der Waals surface area contributed by atoms with E-state index in [4.69, 9.17) is 16.3 Å². The van der Waals surface area contributed by atoms with Crippen molar-refractivity contribution in [3.63, 3.8) is 0 Å². The highest BCUT2D eigenvalue weighted by Gasteiger charge is 2.44. The number of hydrogen-bond donors (Lipinski definition) is 0. The number of aryl methyl sites for hydroxylation is 1. The number of benzene rings is 2. The fraction of sp³-hybridized carbons (Fsp3) is 0.241. The Labute approximate surface area is 255 Å². The predicted molar refractivity (Wildman–Crippen MR) is 145 cm³/mol. The van der Waals surface area contributed by atoms with Gasteiger partial charge in [0.25, 0.3) is 23.6 Å². The second-order valence-corrected chi connectivity index (χ2v) is 9.86. The van der Waals surface area contributed by atoms with E-state index in [9.17, 15) is 50.3 Å². The molecule has 0 saturated heterocycles. The third-order valence-electron chi connectivity index (χ3n) is 6.61. The summed E-state index contributed by atoms with van der Waals surface area (Å²) in [5, 5.41) is -0.493. The molecule has 16 heteroatoms. The summed E-state index contributed by atoms with van der Waals surface area (Å²) < 4.78 is 83.8. The summed E-state index contributed by atoms with van der Waals surface area (Å²) in [6.07, 6.45) is -9.96. The molecule has 4 rings (SSSR count). The van der Waals surface area contributed by atoms with E-state index in [1.54, 1.807) is 0 Å². The van der Waals surface area contributed by atoms with E-state index in [0.717, 1.165) is 24.3 Å². The molecule has 0 atom stereocenters. The Morgan fingerprint density at radius 2 is 1.27 bits per heavy atom. The third-order valence-corrected chi connectivity index (χ3v) is 6.89. The largest absolute Gasteiger partial charge is 0.466 e. The number of ether oxygens (including phenoxy) is 1. The molecular weight excluding hydrogens is 636 g/mol. The van der Waals surface area contributed by atoms with Crippen LogP contribution < -0.4 is 4.90 Å². The maximum Gasteiger partial charge on any atom is 0.416 e. The molecule has 3 aromatic rings. The lowest BCUT2D eigenvalue weighted by Gasteiger charge is -2.25. The Morgan fingerprint density at radius 3 is 1.69 bits per heavy atom. The number of hydrogen-bond acceptors (Lipinski definition) is 7. The number of rotatable bonds is 7. The summed E-state index contributed by atoms with van der Waals surface area (Å²) in [6, 6.07) is 5.31. The molecule has 0 N–H and O–H groups in total. The summed E-state index contributed by atoms with van der Waals surface area (Å²) in [7, 11) is 0. The van der Waals surface area contributed by atoms with Crippen LogP contribution in [0.5, 0.6) is 0 Å². The van der Waals surface area contributed by atoms with Gasteiger partial charge in [-0.2, -0.15) is 26.3 Å². The van der Waals surface area contributed by atoms with Crippen molar-refractivity contribution in [3.05, 3.63) is 92.8 Å². The van der Waals surface area contributed by atoms with Crippen molar-refractivity contribution >= 4 is 46.9 Å². The van der Waals surface area contributed by atoms with E-state index in [1.807, 2.05) is 0 Å². The average Bonchev–Trinajstić information content (AvgIpc) is 3.22. The van der Waals surface area contributed by atoms with Gasteiger partial charge >= 0.3 is 18.3 Å². The number of amides is 4. The highest BCUT2D eigenvalue weighted by atomic mass is 35.5. The number of imide groups is 2. The minimum atomic E-state index is -4.77. The molecule has 0 saturated carbocycles. The van der Waals surface area contributed by atoms with Crippen molar-refractivity contribution in [2.45, 2.75) is 32.6 Å². The molecule has 236 valence electrons. The quantitative estimate of drug-likeness (QED) is 0.130. The first-order chi connectivity index (χ1) is 21.0. The Hall–Kier alpha value is -4.79. The summed E-state index contributed by atoms with van der Waals surface area (Å²) in [5.74, 6) is -5.46. The topological polar surface area (TPSA) is 114 Å². The van der Waals surface area contributed by atoms with Crippen LogP contribution in [0.15, 0.2) is 48.5 Å². The van der Waals surface area contributed by atoms with Crippen LogP contribution in [-0.2, 0) is 21.9 Å². The predicted octanol–water partition coefficient (Wildman–Crippen LogP) is 6.12. The molecule has 0 spiro atoms. The molecular formula is C29H20ClF6N3O6. The van der Waals surface area contributed by atoms with Crippen LogP contribution in [-0.4, -0.2) is 52.6 Å². The van der Waals surface area contributed by atoms with E-state index in [-0.39, 0.29) is 12.3 Å². The van der Waals surface area contributed by atoms with Gasteiger partial charge in [-0.1, -0.05) is 11.6 Å². The number of alkyl halides is 6. The minimum Gasteiger partial charge on any atom is -0.466 e. The van der Waals surface area contributed by atoms with Crippen molar-refractivity contribution in [2.24, 2.45) is 0 Å². The van der Waals surface area contributed by atoms with E-state index < -0.39 is 99.1 Å². The molecule has 9 nitrogen and oxygen atoms in total. The smallest absolute Gasteiger partial charge is 0.416 e. The van der Waals surface area contributed by atoms with Crippen molar-refractivity contribution in [2.75, 3.05) is 18.1 Å². The van der Waals surface area contributed by atoms with Gasteiger partial charge in [0.1, 0.15) is 5.15 Å². The van der Waals surface area contributed by atoms with Crippen molar-refractivity contribution < 1.29 is 55.1 Å². The maximum atomic E-state index is 13.9. The summed E-state index contributed by atoms with van der Waals surface area (Å²) in [5.41, 5.74) is -5.16. The first kappa shape index (κ1) is 33.1. The lowest BCUT2D eigenvalue weighted by atomic mass is 10.0. The highest BCUT2D eigenvalue weighted by molar-refractivity contribution is 6.38. The molecule has 2 heterocycles. The lowest BCUT2D eigenvalue weighted by molar-refractivity contribution is -0.143. The fourth-order valence-electron chi connectivity index (χ4n) is 4.49. The minimum absolute atomic E-state index is 0.0210. The zero-order valence-electron chi connectivity index (χ0n) is 23.2. The SMILES string of the molecule is CCOC(=O)CCN1C(=O)c2c(Cl)nc(C)c(N(C(=O)c3ccc(C(F)(F)F)cc3)C(=O)c3ccc(C(F)(F)F)cc3)c2C1=O. The molecule has 4 amide bonds. The molecule has 2 aromatic carbocycles. The van der Waals surface area contributed by atoms with Gasteiger partial charge in [-0.25, -0.2) is 9.88 Å². The normalized spacial score (nSPS) is 13.1. The fourth-order valence-corrected chi connectivity index (χ4v) is 4.80. The van der Waals surface area contributed by atoms with Gasteiger partial charge in [-0.05, 0) is 62.4 Å². The molecule has 0 unspecified atom stereocenters. The van der Waals surface area contributed by atoms with Crippen LogP contribution in [0.3, 0.4) is 0 Å². The number of halogens is 7. The number of nitrogens with zero attached hydrogens (tertiary/aromatic N) is 3. The monoisotopic (exact) mass is 655 g/mol. The number of pyridine rings is 1. The molecule has 0 bridgehead atoms. The van der Waals surface area contributed by atoms with E-state index in [0.29, 0.717) is 34.1 Å². The first-order valence-electron chi connectivity index (χ1n) is 12.9. The number of fused-ring (bicyclic) bond motifs is 1. The van der Waals surface area contributed by atoms with Crippen molar-refractivity contribution in [1.29, 1.82) is 0 Å². The second-order valence-electron chi connectivity index (χ2n) is 9.50. The molecule has 45 heavy (non-hydrogen) atoms. The number of anilines is 1. The van der Waals surface area contributed by atoms with Crippen LogP contribution in [0.2, 0.25) is 5.15 Å². The lowest BCUT2D eigenvalue weighted by Crippen LogP contribution is -2.39. The van der Waals surface area contributed by atoms with E-state index in [1.165, 1.54) is 13.8 Å². The Morgan fingerprint density at radius 1 is 0.822 bits per heavy atom. The standard InChI is InChI=1S/C29H20ClF6N3O6/c1-3-45-19(40)12-13-38-26(43)20-21(27(38)44)23(30)37-14(2)22(20)39(24(41)15-4-8-17(9-5-15)28(31,32)33)25(42)16-6-10-18(11-7-16)29(34,35)36/h4-11H,3,12-13H2,1-2H3. The zero-order valence-corrected chi connectivity index (χ0v) is 23.9. The molecule has 0 aliphatic carbocycles. The van der Waals surface area contributed by atoms with Gasteiger partial charge in [-0.15, -0.1) is 0 Å². The van der Waals surface area contributed by atoms with Crippen LogP contribution in [0, 0.1) is 6.92 Å². The average molecular weight is 656 g/mol. The van der Waals surface area contributed by atoms with Gasteiger partial charge in [0, 0.05) is 17.7 Å². The number of carbonyl (C=O) groups excluding carboxylic acids is 5. The maximum absolute atomic E-state index is 13.9. The third kappa shape index (κ3) is 6.53. The molecule has 1 aliphatic heterocycles. The first-order valence-corrected chi connectivity index (χ1v) is 13.3. The van der Waals surface area contributed by atoms with Gasteiger partial charge < -0.3 is 4.74 Å². The van der Waals surface area contributed by atoms with Gasteiger partial charge in [0.2, 0.25) is 0 Å². The van der Waals surface area contributed by atoms with Crippen molar-refractivity contribution in [3.8, 4) is 0 Å². The van der Waals surface area contributed by atoms with Crippen LogP contribution >= 0.6 is 11.6 Å². The summed E-state index contributed by atoms with van der Waals surface area (Å²) >= 11 is 6.20. The highest BCUT2D eigenvalue weighted by Crippen LogP contribution is 2.39. The molecule has 1 aromatic heterocycles. The number of carbonyl (C=O) groups is 5. The Bertz CT molecular complexity index is 1640. The summed E-state index contributed by atoms with van der Waals surface area (Å²) in [6.45, 7) is 2.29. The Balaban J connectivity index is 1.88. The Kier molecular flexibility index (Phi) is 9.05. The van der Waals surface area contributed by atoms with E-state index >= 15 is 0 Å². The molecule has 0 radical (unpaired) electrons. The number of aromatic nitrogens is 1. The molecule has 0 fully saturated rings. The van der Waals surface area contributed by atoms with Crippen LogP contribution in [0.1, 0.15) is 71.6 Å². The van der Waals surface area contributed by atoms with Crippen LogP contribution in [0.25, 0.3) is 0 Å². The van der Waals surface area contributed by atoms with Crippen LogP contribution in [0.4, 0.5) is 32.0 Å². The van der Waals surface area contributed by atoms with E-state index in [2.05, 4.69) is 4.98 Å². The van der Waals surface area contributed by atoms with Crippen molar-refractivity contribution in [1.82, 2.24) is 9.88 Å². The van der Waals surface area contributed by atoms with Gasteiger partial charge in [-0.3, -0.25) is 28.9 Å².